The first-order valence-electron chi connectivity index (χ1n) is 5.77. The van der Waals surface area contributed by atoms with E-state index in [1.54, 1.807) is 13.2 Å². The third-order valence-electron chi connectivity index (χ3n) is 3.37. The van der Waals surface area contributed by atoms with Crippen molar-refractivity contribution in [2.24, 2.45) is 5.73 Å². The third-order valence-corrected chi connectivity index (χ3v) is 3.37. The van der Waals surface area contributed by atoms with Gasteiger partial charge < -0.3 is 15.4 Å². The van der Waals surface area contributed by atoms with Crippen molar-refractivity contribution in [3.05, 3.63) is 29.6 Å². The Morgan fingerprint density at radius 1 is 1.41 bits per heavy atom. The smallest absolute Gasteiger partial charge is 0.123 e. The lowest BCUT2D eigenvalue weighted by Gasteiger charge is -2.31. The number of likely N-dealkylation sites (N-methyl/N-ethyl adjacent to an activating group) is 1. The molecule has 0 saturated heterocycles. The summed E-state index contributed by atoms with van der Waals surface area (Å²) in [6.45, 7) is 0. The number of methoxy groups -OCH3 is 1. The number of nitrogens with zero attached hydrogens (tertiary/aromatic N) is 1. The molecular formula is C13H19FN2O. The van der Waals surface area contributed by atoms with Crippen molar-refractivity contribution in [2.45, 2.75) is 24.4 Å². The summed E-state index contributed by atoms with van der Waals surface area (Å²) in [5.41, 5.74) is 6.86. The maximum atomic E-state index is 13.4. The lowest BCUT2D eigenvalue weighted by Crippen LogP contribution is -2.39. The minimum absolute atomic E-state index is 0.00634. The van der Waals surface area contributed by atoms with Crippen molar-refractivity contribution in [3.8, 4) is 5.75 Å². The van der Waals surface area contributed by atoms with Crippen molar-refractivity contribution in [3.63, 3.8) is 0 Å². The van der Waals surface area contributed by atoms with Gasteiger partial charge in [-0.3, -0.25) is 0 Å². The average Bonchev–Trinajstić information content (AvgIpc) is 2.97. The van der Waals surface area contributed by atoms with Gasteiger partial charge in [-0.2, -0.15) is 0 Å². The Morgan fingerprint density at radius 3 is 2.53 bits per heavy atom. The molecule has 1 fully saturated rings. The molecule has 1 aromatic rings. The van der Waals surface area contributed by atoms with E-state index in [1.165, 1.54) is 12.1 Å². The number of rotatable bonds is 4. The lowest BCUT2D eigenvalue weighted by molar-refractivity contribution is 0.238. The predicted octanol–water partition coefficient (Wildman–Crippen LogP) is 1.93. The van der Waals surface area contributed by atoms with E-state index in [-0.39, 0.29) is 17.4 Å². The molecule has 94 valence electrons. The van der Waals surface area contributed by atoms with E-state index in [0.717, 1.165) is 18.4 Å². The number of benzene rings is 1. The lowest BCUT2D eigenvalue weighted by atomic mass is 9.95. The van der Waals surface area contributed by atoms with Gasteiger partial charge in [0.25, 0.3) is 0 Å². The number of hydrogen-bond acceptors (Lipinski definition) is 3. The first-order valence-corrected chi connectivity index (χ1v) is 5.77. The fraction of sp³-hybridized carbons (Fsp3) is 0.538. The molecule has 1 aliphatic carbocycles. The summed E-state index contributed by atoms with van der Waals surface area (Å²) in [4.78, 5) is 2.03. The highest BCUT2D eigenvalue weighted by Crippen LogP contribution is 2.48. The Hall–Kier alpha value is -1.13. The van der Waals surface area contributed by atoms with Crippen LogP contribution in [0, 0.1) is 5.82 Å². The molecule has 1 unspecified atom stereocenters. The topological polar surface area (TPSA) is 38.5 Å². The van der Waals surface area contributed by atoms with Crippen LogP contribution in [0.15, 0.2) is 18.2 Å². The summed E-state index contributed by atoms with van der Waals surface area (Å²) >= 11 is 0. The molecule has 2 rings (SSSR count). The van der Waals surface area contributed by atoms with Gasteiger partial charge in [0.05, 0.1) is 13.2 Å². The molecule has 1 aromatic carbocycles. The zero-order valence-corrected chi connectivity index (χ0v) is 10.5. The Balaban J connectivity index is 2.45. The van der Waals surface area contributed by atoms with Crippen LogP contribution in [-0.4, -0.2) is 31.6 Å². The maximum Gasteiger partial charge on any atom is 0.123 e. The molecule has 0 aromatic heterocycles. The van der Waals surface area contributed by atoms with Crippen LogP contribution in [0.25, 0.3) is 0 Å². The molecule has 0 bridgehead atoms. The number of hydrogen-bond donors (Lipinski definition) is 1. The standard InChI is InChI=1S/C13H19FN2O/c1-16(2)12(13(15)6-7-13)10-8-9(14)4-5-11(10)17-3/h4-5,8,12H,6-7,15H2,1-3H3. The first kappa shape index (κ1) is 12.3. The molecule has 1 atom stereocenters. The Bertz CT molecular complexity index is 416. The minimum Gasteiger partial charge on any atom is -0.496 e. The van der Waals surface area contributed by atoms with Gasteiger partial charge in [-0.05, 0) is 45.1 Å². The zero-order chi connectivity index (χ0) is 12.6. The normalized spacial score (nSPS) is 19.2. The highest BCUT2D eigenvalue weighted by Gasteiger charge is 2.48. The van der Waals surface area contributed by atoms with Crippen molar-refractivity contribution in [1.82, 2.24) is 4.90 Å². The van der Waals surface area contributed by atoms with E-state index < -0.39 is 0 Å². The van der Waals surface area contributed by atoms with E-state index in [1.807, 2.05) is 19.0 Å². The minimum atomic E-state index is -0.253. The Kier molecular flexibility index (Phi) is 3.10. The average molecular weight is 238 g/mol. The number of nitrogens with two attached hydrogens (primary N) is 1. The number of ether oxygens (including phenoxy) is 1. The SMILES string of the molecule is COc1ccc(F)cc1C(N(C)C)C1(N)CC1. The fourth-order valence-corrected chi connectivity index (χ4v) is 2.44. The highest BCUT2D eigenvalue weighted by molar-refractivity contribution is 5.39. The van der Waals surface area contributed by atoms with Gasteiger partial charge in [0, 0.05) is 11.1 Å². The van der Waals surface area contributed by atoms with Gasteiger partial charge in [0.1, 0.15) is 11.6 Å². The summed E-state index contributed by atoms with van der Waals surface area (Å²) in [5.74, 6) is 0.443. The molecule has 2 N–H and O–H groups in total. The zero-order valence-electron chi connectivity index (χ0n) is 10.5. The van der Waals surface area contributed by atoms with Crippen LogP contribution in [0.3, 0.4) is 0 Å². The molecule has 0 spiro atoms. The summed E-state index contributed by atoms with van der Waals surface area (Å²) < 4.78 is 18.7. The van der Waals surface area contributed by atoms with Crippen molar-refractivity contribution in [2.75, 3.05) is 21.2 Å². The monoisotopic (exact) mass is 238 g/mol. The Labute approximate surface area is 101 Å². The molecule has 0 amide bonds. The van der Waals surface area contributed by atoms with E-state index in [4.69, 9.17) is 10.5 Å². The molecular weight excluding hydrogens is 219 g/mol. The largest absolute Gasteiger partial charge is 0.496 e. The van der Waals surface area contributed by atoms with Crippen molar-refractivity contribution >= 4 is 0 Å². The van der Waals surface area contributed by atoms with Gasteiger partial charge >= 0.3 is 0 Å². The molecule has 0 radical (unpaired) electrons. The van der Waals surface area contributed by atoms with E-state index in [0.29, 0.717) is 5.75 Å². The molecule has 3 nitrogen and oxygen atoms in total. The van der Waals surface area contributed by atoms with E-state index >= 15 is 0 Å². The second-order valence-electron chi connectivity index (χ2n) is 4.99. The van der Waals surface area contributed by atoms with Crippen LogP contribution >= 0.6 is 0 Å². The highest BCUT2D eigenvalue weighted by atomic mass is 19.1. The summed E-state index contributed by atoms with van der Waals surface area (Å²) in [6.07, 6.45) is 1.94. The predicted molar refractivity (Wildman–Crippen MR) is 65.5 cm³/mol. The van der Waals surface area contributed by atoms with Crippen LogP contribution in [-0.2, 0) is 0 Å². The molecule has 0 heterocycles. The molecule has 17 heavy (non-hydrogen) atoms. The van der Waals surface area contributed by atoms with Gasteiger partial charge in [0.2, 0.25) is 0 Å². The van der Waals surface area contributed by atoms with Crippen LogP contribution in [0.5, 0.6) is 5.75 Å². The quantitative estimate of drug-likeness (QED) is 0.871. The van der Waals surface area contributed by atoms with E-state index in [9.17, 15) is 4.39 Å². The van der Waals surface area contributed by atoms with Crippen LogP contribution < -0.4 is 10.5 Å². The molecule has 1 aliphatic rings. The summed E-state index contributed by atoms with van der Waals surface area (Å²) in [5, 5.41) is 0. The van der Waals surface area contributed by atoms with Crippen molar-refractivity contribution in [1.29, 1.82) is 0 Å². The number of halogens is 1. The molecule has 1 saturated carbocycles. The van der Waals surface area contributed by atoms with Gasteiger partial charge in [-0.15, -0.1) is 0 Å². The summed E-state index contributed by atoms with van der Waals surface area (Å²) in [7, 11) is 5.52. The van der Waals surface area contributed by atoms with Gasteiger partial charge in [-0.1, -0.05) is 0 Å². The van der Waals surface area contributed by atoms with Crippen LogP contribution in [0.4, 0.5) is 4.39 Å². The Morgan fingerprint density at radius 2 is 2.06 bits per heavy atom. The molecule has 0 aliphatic heterocycles. The van der Waals surface area contributed by atoms with E-state index in [2.05, 4.69) is 0 Å². The maximum absolute atomic E-state index is 13.4. The van der Waals surface area contributed by atoms with Crippen LogP contribution in [0.1, 0.15) is 24.4 Å². The fourth-order valence-electron chi connectivity index (χ4n) is 2.44. The first-order chi connectivity index (χ1) is 7.98. The van der Waals surface area contributed by atoms with Crippen molar-refractivity contribution < 1.29 is 9.13 Å². The summed E-state index contributed by atoms with van der Waals surface area (Å²) in [6, 6.07) is 4.59. The van der Waals surface area contributed by atoms with Gasteiger partial charge in [0.15, 0.2) is 0 Å². The van der Waals surface area contributed by atoms with Gasteiger partial charge in [-0.25, -0.2) is 4.39 Å². The third kappa shape index (κ3) is 2.28. The molecule has 4 heteroatoms. The second-order valence-corrected chi connectivity index (χ2v) is 4.99. The van der Waals surface area contributed by atoms with Crippen LogP contribution in [0.2, 0.25) is 0 Å². The second kappa shape index (κ2) is 4.27.